The molecule has 0 saturated heterocycles. The number of likely N-dealkylation sites (N-methyl/N-ethyl adjacent to an activating group) is 1. The molecule has 4 N–H and O–H groups in total. The Kier molecular flexibility index (Phi) is 6.08. The van der Waals surface area contributed by atoms with Crippen LogP contribution in [0.1, 0.15) is 52.9 Å². The molecule has 4 unspecified atom stereocenters. The zero-order valence-corrected chi connectivity index (χ0v) is 16.1. The molecule has 1 saturated carbocycles. The Labute approximate surface area is 152 Å². The van der Waals surface area contributed by atoms with Gasteiger partial charge in [-0.2, -0.15) is 0 Å². The summed E-state index contributed by atoms with van der Waals surface area (Å²) in [6.45, 7) is 6.64. The summed E-state index contributed by atoms with van der Waals surface area (Å²) in [5, 5.41) is 20.5. The van der Waals surface area contributed by atoms with Crippen molar-refractivity contribution in [1.29, 1.82) is 0 Å². The lowest BCUT2D eigenvalue weighted by Gasteiger charge is -2.43. The molecule has 0 aromatic carbocycles. The standard InChI is InChI=1S/C20H35N3O2/c1-12(2)22-18(24)11-25-17-7-5-6-16-19(17)20(21-4)15(13(3)23-16)10-14-8-9-14/h7,12-15,18,20-24H,5-6,8-11H2,1-4H3. The van der Waals surface area contributed by atoms with Crippen LogP contribution in [0.15, 0.2) is 23.1 Å². The predicted molar refractivity (Wildman–Crippen MR) is 101 cm³/mol. The van der Waals surface area contributed by atoms with E-state index in [1.54, 1.807) is 0 Å². The highest BCUT2D eigenvalue weighted by Crippen LogP contribution is 2.42. The van der Waals surface area contributed by atoms with E-state index in [2.05, 4.69) is 36.0 Å². The summed E-state index contributed by atoms with van der Waals surface area (Å²) in [5.41, 5.74) is 2.61. The summed E-state index contributed by atoms with van der Waals surface area (Å²) < 4.78 is 6.06. The average molecular weight is 350 g/mol. The van der Waals surface area contributed by atoms with Crippen molar-refractivity contribution >= 4 is 0 Å². The Morgan fingerprint density at radius 3 is 2.76 bits per heavy atom. The highest BCUT2D eigenvalue weighted by atomic mass is 16.5. The van der Waals surface area contributed by atoms with Crippen LogP contribution in [0.4, 0.5) is 0 Å². The van der Waals surface area contributed by atoms with Crippen molar-refractivity contribution < 1.29 is 9.84 Å². The van der Waals surface area contributed by atoms with Gasteiger partial charge >= 0.3 is 0 Å². The molecule has 3 aliphatic rings. The number of allylic oxidation sites excluding steroid dienone is 2. The Balaban J connectivity index is 1.72. The van der Waals surface area contributed by atoms with Crippen molar-refractivity contribution in [1.82, 2.24) is 16.0 Å². The first kappa shape index (κ1) is 18.7. The van der Waals surface area contributed by atoms with Gasteiger partial charge in [0.25, 0.3) is 0 Å². The highest BCUT2D eigenvalue weighted by molar-refractivity contribution is 5.41. The Morgan fingerprint density at radius 2 is 2.12 bits per heavy atom. The van der Waals surface area contributed by atoms with Crippen molar-refractivity contribution in [3.05, 3.63) is 23.1 Å². The summed E-state index contributed by atoms with van der Waals surface area (Å²) in [4.78, 5) is 0. The van der Waals surface area contributed by atoms with Crippen LogP contribution in [0.25, 0.3) is 0 Å². The van der Waals surface area contributed by atoms with E-state index in [1.807, 2.05) is 13.8 Å². The van der Waals surface area contributed by atoms with E-state index < -0.39 is 6.23 Å². The predicted octanol–water partition coefficient (Wildman–Crippen LogP) is 2.25. The Hall–Kier alpha value is -1.04. The van der Waals surface area contributed by atoms with Gasteiger partial charge in [0.1, 0.15) is 18.6 Å². The third-order valence-electron chi connectivity index (χ3n) is 5.63. The molecule has 0 radical (unpaired) electrons. The van der Waals surface area contributed by atoms with E-state index in [4.69, 9.17) is 4.74 Å². The molecule has 4 atom stereocenters. The van der Waals surface area contributed by atoms with Gasteiger partial charge in [0.05, 0.1) is 0 Å². The fourth-order valence-corrected chi connectivity index (χ4v) is 4.29. The van der Waals surface area contributed by atoms with E-state index in [1.165, 1.54) is 30.5 Å². The molecule has 5 nitrogen and oxygen atoms in total. The smallest absolute Gasteiger partial charge is 0.139 e. The molecule has 1 heterocycles. The van der Waals surface area contributed by atoms with E-state index in [-0.39, 0.29) is 12.6 Å². The second-order valence-electron chi connectivity index (χ2n) is 8.19. The van der Waals surface area contributed by atoms with Crippen LogP contribution < -0.4 is 16.0 Å². The zero-order valence-electron chi connectivity index (χ0n) is 16.1. The largest absolute Gasteiger partial charge is 0.489 e. The van der Waals surface area contributed by atoms with Crippen LogP contribution in [0.3, 0.4) is 0 Å². The lowest BCUT2D eigenvalue weighted by atomic mass is 9.77. The number of hydrogen-bond donors (Lipinski definition) is 4. The average Bonchev–Trinajstić information content (AvgIpc) is 3.37. The number of rotatable bonds is 8. The quantitative estimate of drug-likeness (QED) is 0.506. The number of ether oxygens (including phenoxy) is 1. The SMILES string of the molecule is CNC1C2=C(CCC=C2OCC(O)NC(C)C)NC(C)C1CC1CC1. The van der Waals surface area contributed by atoms with E-state index in [0.717, 1.165) is 24.5 Å². The van der Waals surface area contributed by atoms with Gasteiger partial charge in [-0.15, -0.1) is 0 Å². The normalized spacial score (nSPS) is 30.6. The summed E-state index contributed by atoms with van der Waals surface area (Å²) in [6, 6.07) is 1.05. The lowest BCUT2D eigenvalue weighted by Crippen LogP contribution is -2.52. The first-order valence-electron chi connectivity index (χ1n) is 9.93. The van der Waals surface area contributed by atoms with Crippen molar-refractivity contribution in [2.75, 3.05) is 13.7 Å². The molecule has 2 aliphatic carbocycles. The van der Waals surface area contributed by atoms with Crippen LogP contribution in [-0.2, 0) is 4.74 Å². The fraction of sp³-hybridized carbons (Fsp3) is 0.800. The van der Waals surface area contributed by atoms with E-state index in [0.29, 0.717) is 18.0 Å². The van der Waals surface area contributed by atoms with Crippen LogP contribution in [0.5, 0.6) is 0 Å². The van der Waals surface area contributed by atoms with Crippen molar-refractivity contribution in [2.24, 2.45) is 11.8 Å². The summed E-state index contributed by atoms with van der Waals surface area (Å²) in [6.07, 6.45) is 7.64. The molecule has 0 aromatic heterocycles. The first-order chi connectivity index (χ1) is 12.0. The number of aliphatic hydroxyl groups is 1. The maximum absolute atomic E-state index is 10.1. The van der Waals surface area contributed by atoms with E-state index in [9.17, 15) is 5.11 Å². The maximum Gasteiger partial charge on any atom is 0.139 e. The van der Waals surface area contributed by atoms with Crippen LogP contribution in [-0.4, -0.2) is 43.1 Å². The molecule has 3 rings (SSSR count). The van der Waals surface area contributed by atoms with Gasteiger partial charge < -0.3 is 20.5 Å². The summed E-state index contributed by atoms with van der Waals surface area (Å²) >= 11 is 0. The monoisotopic (exact) mass is 349 g/mol. The summed E-state index contributed by atoms with van der Waals surface area (Å²) in [5.74, 6) is 2.44. The molecule has 0 bridgehead atoms. The molecule has 0 amide bonds. The molecular formula is C20H35N3O2. The van der Waals surface area contributed by atoms with Crippen LogP contribution >= 0.6 is 0 Å². The molecule has 142 valence electrons. The van der Waals surface area contributed by atoms with Crippen molar-refractivity contribution in [3.63, 3.8) is 0 Å². The molecule has 1 fully saturated rings. The van der Waals surface area contributed by atoms with E-state index >= 15 is 0 Å². The minimum Gasteiger partial charge on any atom is -0.489 e. The van der Waals surface area contributed by atoms with Gasteiger partial charge in [0.2, 0.25) is 0 Å². The van der Waals surface area contributed by atoms with Crippen molar-refractivity contribution in [2.45, 2.75) is 77.2 Å². The zero-order chi connectivity index (χ0) is 18.0. The minimum absolute atomic E-state index is 0.235. The fourth-order valence-electron chi connectivity index (χ4n) is 4.29. The van der Waals surface area contributed by atoms with Crippen molar-refractivity contribution in [3.8, 4) is 0 Å². The minimum atomic E-state index is -0.641. The molecule has 0 spiro atoms. The maximum atomic E-state index is 10.1. The topological polar surface area (TPSA) is 65.5 Å². The molecular weight excluding hydrogens is 314 g/mol. The Bertz CT molecular complexity index is 525. The van der Waals surface area contributed by atoms with Gasteiger partial charge in [-0.1, -0.05) is 12.8 Å². The lowest BCUT2D eigenvalue weighted by molar-refractivity contribution is 0.0425. The second-order valence-corrected chi connectivity index (χ2v) is 8.19. The molecule has 5 heteroatoms. The highest BCUT2D eigenvalue weighted by Gasteiger charge is 2.40. The third kappa shape index (κ3) is 4.57. The van der Waals surface area contributed by atoms with Gasteiger partial charge in [0, 0.05) is 29.4 Å². The number of nitrogens with one attached hydrogen (secondary N) is 3. The second kappa shape index (κ2) is 8.11. The van der Waals surface area contributed by atoms with Gasteiger partial charge in [-0.3, -0.25) is 5.32 Å². The summed E-state index contributed by atoms with van der Waals surface area (Å²) in [7, 11) is 2.06. The Morgan fingerprint density at radius 1 is 1.36 bits per heavy atom. The van der Waals surface area contributed by atoms with Crippen LogP contribution in [0, 0.1) is 11.8 Å². The first-order valence-corrected chi connectivity index (χ1v) is 9.93. The number of hydrogen-bond acceptors (Lipinski definition) is 5. The van der Waals surface area contributed by atoms with Gasteiger partial charge in [-0.25, -0.2) is 0 Å². The number of aliphatic hydroxyl groups excluding tert-OH is 1. The third-order valence-corrected chi connectivity index (χ3v) is 5.63. The molecule has 1 aliphatic heterocycles. The van der Waals surface area contributed by atoms with Crippen LogP contribution in [0.2, 0.25) is 0 Å². The molecule has 0 aromatic rings. The molecule has 25 heavy (non-hydrogen) atoms. The van der Waals surface area contributed by atoms with Gasteiger partial charge in [-0.05, 0) is 65.0 Å². The van der Waals surface area contributed by atoms with Gasteiger partial charge in [0.15, 0.2) is 0 Å².